The normalized spacial score (nSPS) is 18.0. The molecule has 38 heavy (non-hydrogen) atoms. The number of aromatic hydroxyl groups is 1. The highest BCUT2D eigenvalue weighted by molar-refractivity contribution is 6.35. The van der Waals surface area contributed by atoms with Crippen LogP contribution < -0.4 is 15.0 Å². The number of rotatable bonds is 7. The van der Waals surface area contributed by atoms with E-state index in [1.165, 1.54) is 0 Å². The third-order valence-electron chi connectivity index (χ3n) is 7.02. The zero-order chi connectivity index (χ0) is 27.0. The standard InChI is InChI=1S/C29H33ClFN5O2/c1-17-16-36(18(2)15-32-17)28-21-14-22(30)25(24-20-9-6-5-8-19(20)10-11-23(24)37)26(31)27(21)33-29(34-28)38-13-7-12-35(3)4/h5-6,8-11,14,17-18,32,37H,7,12-13,15-16H2,1-4H3/t17-,18+/m1/s1. The van der Waals surface area contributed by atoms with Crippen LogP contribution in [0.2, 0.25) is 5.02 Å². The zero-order valence-corrected chi connectivity index (χ0v) is 22.9. The minimum Gasteiger partial charge on any atom is -0.507 e. The van der Waals surface area contributed by atoms with Crippen molar-refractivity contribution in [3.63, 3.8) is 0 Å². The number of phenols is 1. The molecule has 1 aliphatic rings. The lowest BCUT2D eigenvalue weighted by atomic mass is 9.95. The number of fused-ring (bicyclic) bond motifs is 2. The first-order valence-electron chi connectivity index (χ1n) is 12.9. The predicted octanol–water partition coefficient (Wildman–Crippen LogP) is 5.47. The fourth-order valence-corrected chi connectivity index (χ4v) is 5.34. The number of nitrogens with zero attached hydrogens (tertiary/aromatic N) is 4. The summed E-state index contributed by atoms with van der Waals surface area (Å²) in [5.41, 5.74) is 0.561. The number of aromatic nitrogens is 2. The van der Waals surface area contributed by atoms with Gasteiger partial charge in [-0.1, -0.05) is 41.9 Å². The van der Waals surface area contributed by atoms with E-state index >= 15 is 4.39 Å². The number of piperazine rings is 1. The van der Waals surface area contributed by atoms with Crippen molar-refractivity contribution in [1.82, 2.24) is 20.2 Å². The molecule has 1 aromatic heterocycles. The van der Waals surface area contributed by atoms with Crippen LogP contribution in [0, 0.1) is 5.82 Å². The van der Waals surface area contributed by atoms with E-state index < -0.39 is 5.82 Å². The Morgan fingerprint density at radius 2 is 1.92 bits per heavy atom. The van der Waals surface area contributed by atoms with Crippen LogP contribution in [0.5, 0.6) is 11.8 Å². The molecule has 200 valence electrons. The molecule has 0 saturated carbocycles. The van der Waals surface area contributed by atoms with Crippen molar-refractivity contribution in [2.75, 3.05) is 45.2 Å². The van der Waals surface area contributed by atoms with Gasteiger partial charge >= 0.3 is 6.01 Å². The Morgan fingerprint density at radius 1 is 1.13 bits per heavy atom. The van der Waals surface area contributed by atoms with Crippen molar-refractivity contribution in [1.29, 1.82) is 0 Å². The summed E-state index contributed by atoms with van der Waals surface area (Å²) in [6.07, 6.45) is 0.781. The summed E-state index contributed by atoms with van der Waals surface area (Å²) in [5.74, 6) is -0.0763. The SMILES string of the molecule is C[C@@H]1CN(c2nc(OCCCN(C)C)nc3c(F)c(-c4c(O)ccc5ccccc45)c(Cl)cc23)[C@@H](C)CN1. The van der Waals surface area contributed by atoms with Crippen LogP contribution in [0.25, 0.3) is 32.8 Å². The average molecular weight is 538 g/mol. The summed E-state index contributed by atoms with van der Waals surface area (Å²) in [7, 11) is 4.00. The summed E-state index contributed by atoms with van der Waals surface area (Å²) in [4.78, 5) is 13.5. The van der Waals surface area contributed by atoms with E-state index in [4.69, 9.17) is 21.3 Å². The maximum Gasteiger partial charge on any atom is 0.319 e. The lowest BCUT2D eigenvalue weighted by Crippen LogP contribution is -2.54. The Kier molecular flexibility index (Phi) is 7.56. The van der Waals surface area contributed by atoms with E-state index in [9.17, 15) is 5.11 Å². The first kappa shape index (κ1) is 26.4. The van der Waals surface area contributed by atoms with Gasteiger partial charge in [0.25, 0.3) is 0 Å². The van der Waals surface area contributed by atoms with Crippen LogP contribution in [0.4, 0.5) is 10.2 Å². The van der Waals surface area contributed by atoms with E-state index in [-0.39, 0.29) is 39.9 Å². The number of nitrogens with one attached hydrogen (secondary N) is 1. The quantitative estimate of drug-likeness (QED) is 0.303. The van der Waals surface area contributed by atoms with Crippen LogP contribution in [0.3, 0.4) is 0 Å². The van der Waals surface area contributed by atoms with E-state index in [0.29, 0.717) is 35.3 Å². The van der Waals surface area contributed by atoms with Gasteiger partial charge in [0.1, 0.15) is 17.1 Å². The van der Waals surface area contributed by atoms with E-state index in [2.05, 4.69) is 33.9 Å². The van der Waals surface area contributed by atoms with Crippen molar-refractivity contribution in [3.05, 3.63) is 53.3 Å². The van der Waals surface area contributed by atoms with Gasteiger partial charge in [-0.3, -0.25) is 0 Å². The number of halogens is 2. The lowest BCUT2D eigenvalue weighted by molar-refractivity contribution is 0.264. The molecule has 3 aromatic carbocycles. The Labute approximate surface area is 227 Å². The van der Waals surface area contributed by atoms with Gasteiger partial charge in [0.15, 0.2) is 5.82 Å². The Hall–Kier alpha value is -3.20. The van der Waals surface area contributed by atoms with Crippen molar-refractivity contribution >= 4 is 39.1 Å². The van der Waals surface area contributed by atoms with Gasteiger partial charge in [-0.25, -0.2) is 4.39 Å². The summed E-state index contributed by atoms with van der Waals surface area (Å²) < 4.78 is 22.5. The van der Waals surface area contributed by atoms with Gasteiger partial charge in [0.2, 0.25) is 0 Å². The third-order valence-corrected chi connectivity index (χ3v) is 7.31. The average Bonchev–Trinajstić information content (AvgIpc) is 2.89. The van der Waals surface area contributed by atoms with Gasteiger partial charge in [-0.2, -0.15) is 9.97 Å². The molecule has 1 fully saturated rings. The smallest absolute Gasteiger partial charge is 0.319 e. The molecule has 0 bridgehead atoms. The molecule has 0 amide bonds. The van der Waals surface area contributed by atoms with Crippen LogP contribution >= 0.6 is 11.6 Å². The highest BCUT2D eigenvalue weighted by Crippen LogP contribution is 2.44. The van der Waals surface area contributed by atoms with E-state index in [0.717, 1.165) is 24.9 Å². The second-order valence-electron chi connectivity index (χ2n) is 10.3. The third kappa shape index (κ3) is 5.08. The molecule has 4 aromatic rings. The topological polar surface area (TPSA) is 73.8 Å². The highest BCUT2D eigenvalue weighted by atomic mass is 35.5. The van der Waals surface area contributed by atoms with Gasteiger partial charge in [0, 0.05) is 48.2 Å². The number of hydrogen-bond donors (Lipinski definition) is 2. The monoisotopic (exact) mass is 537 g/mol. The highest BCUT2D eigenvalue weighted by Gasteiger charge is 2.29. The summed E-state index contributed by atoms with van der Waals surface area (Å²) in [5, 5.41) is 16.6. The number of phenolic OH excluding ortho intramolecular Hbond substituents is 1. The molecule has 0 spiro atoms. The van der Waals surface area contributed by atoms with Crippen molar-refractivity contribution in [3.8, 4) is 22.9 Å². The Morgan fingerprint density at radius 3 is 2.71 bits per heavy atom. The van der Waals surface area contributed by atoms with Gasteiger partial charge in [-0.15, -0.1) is 0 Å². The molecule has 1 saturated heterocycles. The first-order valence-corrected chi connectivity index (χ1v) is 13.3. The number of benzene rings is 3. The van der Waals surface area contributed by atoms with Crippen LogP contribution in [0.1, 0.15) is 20.3 Å². The maximum atomic E-state index is 16.5. The number of hydrogen-bond acceptors (Lipinski definition) is 7. The van der Waals surface area contributed by atoms with Crippen LogP contribution in [0.15, 0.2) is 42.5 Å². The summed E-state index contributed by atoms with van der Waals surface area (Å²) in [6, 6.07) is 13.1. The summed E-state index contributed by atoms with van der Waals surface area (Å²) in [6.45, 7) is 6.92. The first-order chi connectivity index (χ1) is 18.2. The molecule has 9 heteroatoms. The van der Waals surface area contributed by atoms with Crippen molar-refractivity contribution in [2.45, 2.75) is 32.4 Å². The Balaban J connectivity index is 1.71. The summed E-state index contributed by atoms with van der Waals surface area (Å²) >= 11 is 6.79. The molecule has 2 heterocycles. The second kappa shape index (κ2) is 10.9. The second-order valence-corrected chi connectivity index (χ2v) is 10.7. The molecule has 2 atom stereocenters. The Bertz CT molecular complexity index is 1480. The molecule has 0 unspecified atom stereocenters. The van der Waals surface area contributed by atoms with Crippen LogP contribution in [-0.2, 0) is 0 Å². The fraction of sp³-hybridized carbons (Fsp3) is 0.379. The molecule has 2 N–H and O–H groups in total. The maximum absolute atomic E-state index is 16.5. The van der Waals surface area contributed by atoms with Crippen molar-refractivity contribution < 1.29 is 14.2 Å². The predicted molar refractivity (Wildman–Crippen MR) is 152 cm³/mol. The van der Waals surface area contributed by atoms with E-state index in [1.54, 1.807) is 18.2 Å². The van der Waals surface area contributed by atoms with Gasteiger partial charge in [-0.05, 0) is 57.3 Å². The minimum absolute atomic E-state index is 0.0529. The molecule has 7 nitrogen and oxygen atoms in total. The molecule has 5 rings (SSSR count). The molecule has 1 aliphatic heterocycles. The van der Waals surface area contributed by atoms with Crippen molar-refractivity contribution in [2.24, 2.45) is 0 Å². The van der Waals surface area contributed by atoms with Gasteiger partial charge < -0.3 is 25.0 Å². The molecule has 0 aliphatic carbocycles. The molecular weight excluding hydrogens is 505 g/mol. The zero-order valence-electron chi connectivity index (χ0n) is 22.1. The van der Waals surface area contributed by atoms with E-state index in [1.807, 2.05) is 38.4 Å². The van der Waals surface area contributed by atoms with Crippen LogP contribution in [-0.4, -0.2) is 72.4 Å². The largest absolute Gasteiger partial charge is 0.507 e. The lowest BCUT2D eigenvalue weighted by Gasteiger charge is -2.39. The number of ether oxygens (including phenoxy) is 1. The molecule has 0 radical (unpaired) electrons. The number of anilines is 1. The molecular formula is C29H33ClFN5O2. The fourth-order valence-electron chi connectivity index (χ4n) is 5.06. The minimum atomic E-state index is -0.614. The van der Waals surface area contributed by atoms with Gasteiger partial charge in [0.05, 0.1) is 11.6 Å².